The van der Waals surface area contributed by atoms with Crippen molar-refractivity contribution in [2.45, 2.75) is 64.5 Å². The van der Waals surface area contributed by atoms with Crippen molar-refractivity contribution < 1.29 is 14.4 Å². The molecule has 1 fully saturated rings. The average molecular weight is 396 g/mol. The number of carbonyl (C=O) groups is 1. The van der Waals surface area contributed by atoms with E-state index in [0.717, 1.165) is 29.4 Å². The van der Waals surface area contributed by atoms with Crippen molar-refractivity contribution in [3.8, 4) is 11.4 Å². The van der Waals surface area contributed by atoms with Crippen molar-refractivity contribution in [2.24, 2.45) is 0 Å². The first-order chi connectivity index (χ1) is 14.2. The molecule has 29 heavy (non-hydrogen) atoms. The van der Waals surface area contributed by atoms with Crippen LogP contribution in [0.15, 0.2) is 35.0 Å². The lowest BCUT2D eigenvalue weighted by Gasteiger charge is -2.17. The molecule has 0 radical (unpaired) electrons. The van der Waals surface area contributed by atoms with Gasteiger partial charge in [0.15, 0.2) is 0 Å². The summed E-state index contributed by atoms with van der Waals surface area (Å²) in [5.41, 5.74) is 2.08. The largest absolute Gasteiger partial charge is 0.465 e. The van der Waals surface area contributed by atoms with Crippen LogP contribution in [-0.2, 0) is 6.54 Å². The molecule has 154 valence electrons. The van der Waals surface area contributed by atoms with Gasteiger partial charge in [-0.25, -0.2) is 4.79 Å². The summed E-state index contributed by atoms with van der Waals surface area (Å²) < 4.78 is 7.76. The summed E-state index contributed by atoms with van der Waals surface area (Å²) in [5.74, 6) is 0.899. The fraction of sp³-hybridized carbons (Fsp3) is 0.500. The Labute approximate surface area is 170 Å². The van der Waals surface area contributed by atoms with Gasteiger partial charge in [0, 0.05) is 35.8 Å². The molecule has 0 unspecified atom stereocenters. The SMILES string of the molecule is CCCCCCCn1ccc2c(-c3noc([C@@H]4CCCN4C(=O)O)n3)cccc21. The highest BCUT2D eigenvalue weighted by molar-refractivity contribution is 5.93. The lowest BCUT2D eigenvalue weighted by atomic mass is 10.1. The summed E-state index contributed by atoms with van der Waals surface area (Å²) in [6.45, 7) is 3.74. The average Bonchev–Trinajstić information content (AvgIpc) is 3.46. The summed E-state index contributed by atoms with van der Waals surface area (Å²) in [6.07, 6.45) is 8.99. The molecular weight excluding hydrogens is 368 g/mol. The molecule has 1 N–H and O–H groups in total. The van der Waals surface area contributed by atoms with E-state index in [0.29, 0.717) is 24.7 Å². The molecule has 0 spiro atoms. The number of aryl methyl sites for hydroxylation is 1. The summed E-state index contributed by atoms with van der Waals surface area (Å²) in [6, 6.07) is 7.88. The third-order valence-corrected chi connectivity index (χ3v) is 5.78. The molecule has 1 aromatic carbocycles. The van der Waals surface area contributed by atoms with Crippen molar-refractivity contribution in [3.63, 3.8) is 0 Å². The number of hydrogen-bond acceptors (Lipinski definition) is 4. The van der Waals surface area contributed by atoms with Gasteiger partial charge in [0.2, 0.25) is 11.7 Å². The van der Waals surface area contributed by atoms with Crippen LogP contribution in [0.5, 0.6) is 0 Å². The molecule has 7 nitrogen and oxygen atoms in total. The van der Waals surface area contributed by atoms with Gasteiger partial charge in [-0.3, -0.25) is 4.90 Å². The topological polar surface area (TPSA) is 84.4 Å². The van der Waals surface area contributed by atoms with E-state index in [1.54, 1.807) is 0 Å². The first-order valence-electron chi connectivity index (χ1n) is 10.6. The third-order valence-electron chi connectivity index (χ3n) is 5.78. The van der Waals surface area contributed by atoms with Gasteiger partial charge < -0.3 is 14.2 Å². The monoisotopic (exact) mass is 396 g/mol. The quantitative estimate of drug-likeness (QED) is 0.510. The standard InChI is InChI=1S/C22H28N4O3/c1-2-3-4-5-6-13-25-15-12-16-17(9-7-10-18(16)25)20-23-21(29-24-20)19-11-8-14-26(19)22(27)28/h7,9-10,12,15,19H,2-6,8,11,13-14H2,1H3,(H,27,28)/t19-/m0/s1. The number of carboxylic acid groups (broad SMARTS) is 1. The zero-order valence-corrected chi connectivity index (χ0v) is 16.9. The van der Waals surface area contributed by atoms with Gasteiger partial charge in [-0.1, -0.05) is 49.9 Å². The number of rotatable bonds is 8. The number of benzene rings is 1. The highest BCUT2D eigenvalue weighted by atomic mass is 16.5. The fourth-order valence-corrected chi connectivity index (χ4v) is 4.23. The van der Waals surface area contributed by atoms with Crippen LogP contribution in [-0.4, -0.2) is 37.4 Å². The predicted molar refractivity (Wildman–Crippen MR) is 111 cm³/mol. The van der Waals surface area contributed by atoms with Gasteiger partial charge in [0.05, 0.1) is 0 Å². The fourth-order valence-electron chi connectivity index (χ4n) is 4.23. The minimum atomic E-state index is -0.939. The number of fused-ring (bicyclic) bond motifs is 1. The van der Waals surface area contributed by atoms with Gasteiger partial charge in [-0.2, -0.15) is 4.98 Å². The summed E-state index contributed by atoms with van der Waals surface area (Å²) in [7, 11) is 0. The van der Waals surface area contributed by atoms with E-state index in [4.69, 9.17) is 4.52 Å². The number of nitrogens with zero attached hydrogens (tertiary/aromatic N) is 4. The first kappa shape index (κ1) is 19.5. The Balaban J connectivity index is 1.54. The molecule has 4 rings (SSSR count). The van der Waals surface area contributed by atoms with E-state index in [9.17, 15) is 9.90 Å². The maximum Gasteiger partial charge on any atom is 0.407 e. The van der Waals surface area contributed by atoms with Crippen LogP contribution in [0.1, 0.15) is 63.8 Å². The molecule has 1 saturated heterocycles. The van der Waals surface area contributed by atoms with E-state index in [1.807, 2.05) is 12.1 Å². The van der Waals surface area contributed by atoms with Crippen LogP contribution in [0.3, 0.4) is 0 Å². The number of unbranched alkanes of at least 4 members (excludes halogenated alkanes) is 4. The molecule has 0 bridgehead atoms. The van der Waals surface area contributed by atoms with Crippen molar-refractivity contribution in [2.75, 3.05) is 6.54 Å². The van der Waals surface area contributed by atoms with Gasteiger partial charge >= 0.3 is 6.09 Å². The Morgan fingerprint density at radius 3 is 2.93 bits per heavy atom. The second kappa shape index (κ2) is 8.68. The Bertz CT molecular complexity index is 978. The van der Waals surface area contributed by atoms with E-state index in [1.165, 1.54) is 37.0 Å². The maximum atomic E-state index is 11.4. The second-order valence-corrected chi connectivity index (χ2v) is 7.75. The van der Waals surface area contributed by atoms with Crippen molar-refractivity contribution >= 4 is 17.0 Å². The molecule has 1 amide bonds. The predicted octanol–water partition coefficient (Wildman–Crippen LogP) is 5.48. The first-order valence-corrected chi connectivity index (χ1v) is 10.6. The van der Waals surface area contributed by atoms with Crippen molar-refractivity contribution in [3.05, 3.63) is 36.4 Å². The molecule has 3 heterocycles. The minimum Gasteiger partial charge on any atom is -0.465 e. The van der Waals surface area contributed by atoms with Gasteiger partial charge in [0.25, 0.3) is 0 Å². The third kappa shape index (κ3) is 3.99. The molecule has 0 aliphatic carbocycles. The second-order valence-electron chi connectivity index (χ2n) is 7.75. The van der Waals surface area contributed by atoms with Crippen LogP contribution >= 0.6 is 0 Å². The normalized spacial score (nSPS) is 16.7. The highest BCUT2D eigenvalue weighted by Gasteiger charge is 2.34. The van der Waals surface area contributed by atoms with Crippen LogP contribution < -0.4 is 0 Å². The summed E-state index contributed by atoms with van der Waals surface area (Å²) >= 11 is 0. The van der Waals surface area contributed by atoms with E-state index < -0.39 is 6.09 Å². The van der Waals surface area contributed by atoms with Crippen LogP contribution in [0.4, 0.5) is 4.79 Å². The van der Waals surface area contributed by atoms with Crippen molar-refractivity contribution in [1.29, 1.82) is 0 Å². The van der Waals surface area contributed by atoms with Crippen LogP contribution in [0.2, 0.25) is 0 Å². The molecular formula is C22H28N4O3. The number of likely N-dealkylation sites (tertiary alicyclic amines) is 1. The summed E-state index contributed by atoms with van der Waals surface area (Å²) in [5, 5.41) is 14.6. The molecule has 1 atom stereocenters. The Morgan fingerprint density at radius 2 is 2.10 bits per heavy atom. The Hall–Kier alpha value is -2.83. The van der Waals surface area contributed by atoms with Gasteiger partial charge in [0.1, 0.15) is 6.04 Å². The number of hydrogen-bond donors (Lipinski definition) is 1. The molecule has 3 aromatic rings. The maximum absolute atomic E-state index is 11.4. The smallest absolute Gasteiger partial charge is 0.407 e. The molecule has 1 aliphatic rings. The lowest BCUT2D eigenvalue weighted by Crippen LogP contribution is -2.28. The number of amides is 1. The molecule has 0 saturated carbocycles. The molecule has 7 heteroatoms. The Kier molecular flexibility index (Phi) is 5.83. The van der Waals surface area contributed by atoms with Crippen LogP contribution in [0.25, 0.3) is 22.3 Å². The zero-order chi connectivity index (χ0) is 20.2. The minimum absolute atomic E-state index is 0.347. The van der Waals surface area contributed by atoms with Crippen LogP contribution in [0, 0.1) is 0 Å². The summed E-state index contributed by atoms with van der Waals surface area (Å²) in [4.78, 5) is 17.4. The van der Waals surface area contributed by atoms with Gasteiger partial charge in [-0.15, -0.1) is 0 Å². The molecule has 2 aromatic heterocycles. The number of aromatic nitrogens is 3. The van der Waals surface area contributed by atoms with E-state index in [2.05, 4.69) is 40.0 Å². The zero-order valence-electron chi connectivity index (χ0n) is 16.9. The van der Waals surface area contributed by atoms with Crippen molar-refractivity contribution in [1.82, 2.24) is 19.6 Å². The van der Waals surface area contributed by atoms with E-state index in [-0.39, 0.29) is 6.04 Å². The lowest BCUT2D eigenvalue weighted by molar-refractivity contribution is 0.131. The van der Waals surface area contributed by atoms with E-state index >= 15 is 0 Å². The van der Waals surface area contributed by atoms with Gasteiger partial charge in [-0.05, 0) is 31.4 Å². The Morgan fingerprint density at radius 1 is 1.24 bits per heavy atom. The molecule has 1 aliphatic heterocycles. The highest BCUT2D eigenvalue weighted by Crippen LogP contribution is 2.33.